The number of rotatable bonds is 4. The highest BCUT2D eigenvalue weighted by molar-refractivity contribution is 7.98. The molecule has 0 radical (unpaired) electrons. The van der Waals surface area contributed by atoms with Crippen LogP contribution in [0.3, 0.4) is 0 Å². The van der Waals surface area contributed by atoms with Gasteiger partial charge in [0.2, 0.25) is 0 Å². The van der Waals surface area contributed by atoms with Gasteiger partial charge >= 0.3 is 0 Å². The molecule has 8 heteroatoms. The zero-order chi connectivity index (χ0) is 19.0. The lowest BCUT2D eigenvalue weighted by atomic mass is 10.2. The van der Waals surface area contributed by atoms with Gasteiger partial charge in [-0.2, -0.15) is 0 Å². The number of aryl methyl sites for hydroxylation is 1. The molecule has 0 atom stereocenters. The van der Waals surface area contributed by atoms with Gasteiger partial charge in [0, 0.05) is 24.6 Å². The molecule has 0 saturated heterocycles. The highest BCUT2D eigenvalue weighted by Gasteiger charge is 2.15. The number of thioether (sulfide) groups is 1. The Morgan fingerprint density at radius 3 is 2.74 bits per heavy atom. The predicted molar refractivity (Wildman–Crippen MR) is 102 cm³/mol. The standard InChI is InChI=1S/C19H16FN5OS/c1-12-6-5-9-16-21-13(10-17(26)25(12)16)11-27-19-23-22-18(24(19)2)14-7-3-4-8-15(14)20/h3-10H,11H2,1-2H3. The van der Waals surface area contributed by atoms with Crippen molar-refractivity contribution in [2.75, 3.05) is 0 Å². The molecule has 0 aliphatic heterocycles. The monoisotopic (exact) mass is 381 g/mol. The van der Waals surface area contributed by atoms with Gasteiger partial charge in [-0.1, -0.05) is 30.0 Å². The second-order valence-electron chi connectivity index (χ2n) is 6.08. The zero-order valence-electron chi connectivity index (χ0n) is 14.8. The third kappa shape index (κ3) is 3.23. The van der Waals surface area contributed by atoms with Crippen molar-refractivity contribution in [3.05, 3.63) is 76.1 Å². The van der Waals surface area contributed by atoms with E-state index in [1.807, 2.05) is 19.1 Å². The molecular formula is C19H16FN5OS. The van der Waals surface area contributed by atoms with E-state index in [0.717, 1.165) is 5.69 Å². The van der Waals surface area contributed by atoms with Crippen LogP contribution in [0, 0.1) is 12.7 Å². The number of aromatic nitrogens is 5. The van der Waals surface area contributed by atoms with Gasteiger partial charge in [-0.05, 0) is 31.2 Å². The molecule has 0 N–H and O–H groups in total. The minimum absolute atomic E-state index is 0.112. The fourth-order valence-corrected chi connectivity index (χ4v) is 3.70. The average molecular weight is 381 g/mol. The number of benzene rings is 1. The molecule has 3 aromatic heterocycles. The summed E-state index contributed by atoms with van der Waals surface area (Å²) in [7, 11) is 1.79. The number of fused-ring (bicyclic) bond motifs is 1. The summed E-state index contributed by atoms with van der Waals surface area (Å²) in [5.41, 5.74) is 2.40. The Kier molecular flexibility index (Phi) is 4.49. The summed E-state index contributed by atoms with van der Waals surface area (Å²) in [6.45, 7) is 1.87. The molecule has 0 aliphatic carbocycles. The van der Waals surface area contributed by atoms with E-state index in [4.69, 9.17) is 0 Å². The van der Waals surface area contributed by atoms with Gasteiger partial charge in [0.25, 0.3) is 5.56 Å². The second kappa shape index (κ2) is 6.96. The molecule has 0 spiro atoms. The predicted octanol–water partition coefficient (Wildman–Crippen LogP) is 3.23. The average Bonchev–Trinajstić information content (AvgIpc) is 3.01. The van der Waals surface area contributed by atoms with Gasteiger partial charge in [0.05, 0.1) is 11.3 Å². The summed E-state index contributed by atoms with van der Waals surface area (Å²) >= 11 is 1.40. The molecule has 136 valence electrons. The van der Waals surface area contributed by atoms with Crippen LogP contribution in [0.5, 0.6) is 0 Å². The SMILES string of the molecule is Cc1cccc2nc(CSc3nnc(-c4ccccc4F)n3C)cc(=O)n12. The maximum absolute atomic E-state index is 14.0. The Bertz CT molecular complexity index is 1200. The Balaban J connectivity index is 1.61. The minimum atomic E-state index is -0.343. The summed E-state index contributed by atoms with van der Waals surface area (Å²) in [5, 5.41) is 8.87. The Morgan fingerprint density at radius 1 is 1.11 bits per heavy atom. The molecule has 0 unspecified atom stereocenters. The Morgan fingerprint density at radius 2 is 1.93 bits per heavy atom. The normalized spacial score (nSPS) is 11.2. The Hall–Kier alpha value is -3.00. The van der Waals surface area contributed by atoms with Crippen molar-refractivity contribution in [3.8, 4) is 11.4 Å². The first-order valence-electron chi connectivity index (χ1n) is 8.30. The number of nitrogens with zero attached hydrogens (tertiary/aromatic N) is 5. The van der Waals surface area contributed by atoms with Crippen molar-refractivity contribution in [1.82, 2.24) is 24.1 Å². The molecule has 4 aromatic rings. The molecule has 4 rings (SSSR count). The topological polar surface area (TPSA) is 65.1 Å². The molecule has 6 nitrogen and oxygen atoms in total. The number of halogens is 1. The highest BCUT2D eigenvalue weighted by atomic mass is 32.2. The molecule has 0 amide bonds. The fourth-order valence-electron chi connectivity index (χ4n) is 2.89. The first-order chi connectivity index (χ1) is 13.0. The summed E-state index contributed by atoms with van der Waals surface area (Å²) in [6, 6.07) is 13.5. The van der Waals surface area contributed by atoms with Crippen molar-refractivity contribution in [2.24, 2.45) is 7.05 Å². The van der Waals surface area contributed by atoms with E-state index in [2.05, 4.69) is 15.2 Å². The lowest BCUT2D eigenvalue weighted by molar-refractivity contribution is 0.628. The fraction of sp³-hybridized carbons (Fsp3) is 0.158. The molecule has 3 heterocycles. The van der Waals surface area contributed by atoms with Gasteiger partial charge in [0.1, 0.15) is 11.5 Å². The lowest BCUT2D eigenvalue weighted by Crippen LogP contribution is -2.17. The molecule has 1 aromatic carbocycles. The van der Waals surface area contributed by atoms with Crippen LogP contribution in [0.1, 0.15) is 11.4 Å². The van der Waals surface area contributed by atoms with Crippen LogP contribution in [-0.2, 0) is 12.8 Å². The van der Waals surface area contributed by atoms with Crippen LogP contribution < -0.4 is 5.56 Å². The zero-order valence-corrected chi connectivity index (χ0v) is 15.6. The van der Waals surface area contributed by atoms with Crippen LogP contribution in [0.4, 0.5) is 4.39 Å². The van der Waals surface area contributed by atoms with Crippen molar-refractivity contribution in [1.29, 1.82) is 0 Å². The van der Waals surface area contributed by atoms with Gasteiger partial charge in [-0.25, -0.2) is 9.37 Å². The molecule has 0 saturated carbocycles. The van der Waals surface area contributed by atoms with E-state index in [-0.39, 0.29) is 11.4 Å². The van der Waals surface area contributed by atoms with Crippen molar-refractivity contribution in [3.63, 3.8) is 0 Å². The molecular weight excluding hydrogens is 365 g/mol. The van der Waals surface area contributed by atoms with Crippen molar-refractivity contribution >= 4 is 17.4 Å². The second-order valence-corrected chi connectivity index (χ2v) is 7.02. The maximum Gasteiger partial charge on any atom is 0.258 e. The lowest BCUT2D eigenvalue weighted by Gasteiger charge is -2.07. The van der Waals surface area contributed by atoms with Crippen LogP contribution >= 0.6 is 11.8 Å². The first-order valence-corrected chi connectivity index (χ1v) is 9.28. The van der Waals surface area contributed by atoms with Gasteiger partial charge in [-0.15, -0.1) is 10.2 Å². The van der Waals surface area contributed by atoms with Crippen molar-refractivity contribution in [2.45, 2.75) is 17.8 Å². The number of hydrogen-bond donors (Lipinski definition) is 0. The Labute approximate surface area is 158 Å². The molecule has 27 heavy (non-hydrogen) atoms. The maximum atomic E-state index is 14.0. The first kappa shape index (κ1) is 17.4. The minimum Gasteiger partial charge on any atom is -0.305 e. The number of pyridine rings is 1. The molecule has 0 bridgehead atoms. The summed E-state index contributed by atoms with van der Waals surface area (Å²) in [6.07, 6.45) is 0. The van der Waals surface area contributed by atoms with E-state index in [1.54, 1.807) is 40.3 Å². The summed E-state index contributed by atoms with van der Waals surface area (Å²) < 4.78 is 17.3. The van der Waals surface area contributed by atoms with Crippen LogP contribution in [0.2, 0.25) is 0 Å². The van der Waals surface area contributed by atoms with Gasteiger partial charge < -0.3 is 4.57 Å². The third-order valence-corrected chi connectivity index (χ3v) is 5.29. The van der Waals surface area contributed by atoms with E-state index in [9.17, 15) is 9.18 Å². The third-order valence-electron chi connectivity index (χ3n) is 4.23. The van der Waals surface area contributed by atoms with E-state index in [0.29, 0.717) is 33.6 Å². The van der Waals surface area contributed by atoms with E-state index < -0.39 is 0 Å². The van der Waals surface area contributed by atoms with E-state index >= 15 is 0 Å². The number of hydrogen-bond acceptors (Lipinski definition) is 5. The van der Waals surface area contributed by atoms with Gasteiger partial charge in [-0.3, -0.25) is 9.20 Å². The molecule has 0 fully saturated rings. The van der Waals surface area contributed by atoms with Crippen LogP contribution in [0.15, 0.2) is 58.5 Å². The van der Waals surface area contributed by atoms with Gasteiger partial charge in [0.15, 0.2) is 11.0 Å². The largest absolute Gasteiger partial charge is 0.305 e. The summed E-state index contributed by atoms with van der Waals surface area (Å²) in [5.74, 6) is 0.574. The highest BCUT2D eigenvalue weighted by Crippen LogP contribution is 2.26. The van der Waals surface area contributed by atoms with E-state index in [1.165, 1.54) is 23.9 Å². The van der Waals surface area contributed by atoms with Crippen LogP contribution in [-0.4, -0.2) is 24.1 Å². The smallest absolute Gasteiger partial charge is 0.258 e. The van der Waals surface area contributed by atoms with Crippen LogP contribution in [0.25, 0.3) is 17.0 Å². The summed E-state index contributed by atoms with van der Waals surface area (Å²) in [4.78, 5) is 16.9. The van der Waals surface area contributed by atoms with Crippen molar-refractivity contribution < 1.29 is 4.39 Å². The molecule has 0 aliphatic rings. The quantitative estimate of drug-likeness (QED) is 0.508.